The maximum Gasteiger partial charge on any atom is 0.326 e. The third-order valence-electron chi connectivity index (χ3n) is 7.35. The minimum Gasteiger partial charge on any atom is -0.459 e. The van der Waals surface area contributed by atoms with Gasteiger partial charge in [-0.1, -0.05) is 77.8 Å². The molecule has 2 atom stereocenters. The van der Waals surface area contributed by atoms with Crippen molar-refractivity contribution in [3.05, 3.63) is 105 Å². The van der Waals surface area contributed by atoms with Gasteiger partial charge in [-0.3, -0.25) is 19.3 Å². The van der Waals surface area contributed by atoms with E-state index in [0.717, 1.165) is 4.90 Å². The zero-order valence-corrected chi connectivity index (χ0v) is 21.5. The number of esters is 1. The average Bonchev–Trinajstić information content (AvgIpc) is 3.14. The molecule has 0 spiro atoms. The fourth-order valence-electron chi connectivity index (χ4n) is 5.85. The van der Waals surface area contributed by atoms with Crippen LogP contribution < -0.4 is 0 Å². The molecule has 0 saturated carbocycles. The molecule has 0 aromatic heterocycles. The molecule has 36 heavy (non-hydrogen) atoms. The Balaban J connectivity index is 1.34. The van der Waals surface area contributed by atoms with Crippen LogP contribution in [0.15, 0.2) is 66.7 Å². The lowest BCUT2D eigenvalue weighted by atomic mass is 9.54. The van der Waals surface area contributed by atoms with Crippen molar-refractivity contribution in [1.29, 1.82) is 0 Å². The van der Waals surface area contributed by atoms with Gasteiger partial charge in [0, 0.05) is 0 Å². The Labute approximate surface area is 226 Å². The van der Waals surface area contributed by atoms with Crippen LogP contribution in [0.4, 0.5) is 0 Å². The molecule has 3 aliphatic carbocycles. The minimum atomic E-state index is -1.29. The lowest BCUT2D eigenvalue weighted by Crippen LogP contribution is -2.57. The van der Waals surface area contributed by atoms with Crippen molar-refractivity contribution in [1.82, 2.24) is 4.90 Å². The highest BCUT2D eigenvalue weighted by Crippen LogP contribution is 2.69. The van der Waals surface area contributed by atoms with Gasteiger partial charge in [-0.2, -0.15) is 0 Å². The largest absolute Gasteiger partial charge is 0.459 e. The molecule has 1 saturated heterocycles. The zero-order valence-electron chi connectivity index (χ0n) is 18.5. The van der Waals surface area contributed by atoms with Gasteiger partial charge < -0.3 is 4.74 Å². The van der Waals surface area contributed by atoms with Gasteiger partial charge in [0.25, 0.3) is 0 Å². The molecule has 3 aromatic carbocycles. The van der Waals surface area contributed by atoms with Crippen molar-refractivity contribution in [2.75, 3.05) is 6.54 Å². The van der Waals surface area contributed by atoms with E-state index in [1.165, 1.54) is 0 Å². The number of benzene rings is 3. The maximum atomic E-state index is 13.7. The van der Waals surface area contributed by atoms with Crippen LogP contribution in [0, 0.1) is 11.8 Å². The predicted molar refractivity (Wildman–Crippen MR) is 136 cm³/mol. The van der Waals surface area contributed by atoms with E-state index in [0.29, 0.717) is 37.9 Å². The zero-order chi connectivity index (χ0) is 25.4. The van der Waals surface area contributed by atoms with Crippen LogP contribution >= 0.6 is 46.4 Å². The van der Waals surface area contributed by atoms with Crippen molar-refractivity contribution in [3.63, 3.8) is 0 Å². The van der Waals surface area contributed by atoms with Crippen molar-refractivity contribution >= 4 is 64.2 Å². The summed E-state index contributed by atoms with van der Waals surface area (Å²) in [4.78, 5) is 38.5. The van der Waals surface area contributed by atoms with E-state index >= 15 is 0 Å². The minimum absolute atomic E-state index is 0.0887. The number of likely N-dealkylation sites (tertiary alicyclic amines) is 1. The second-order valence-electron chi connectivity index (χ2n) is 9.14. The van der Waals surface area contributed by atoms with Gasteiger partial charge in [0.2, 0.25) is 11.8 Å². The molecule has 2 amide bonds. The van der Waals surface area contributed by atoms with Gasteiger partial charge in [-0.25, -0.2) is 0 Å². The van der Waals surface area contributed by atoms with Gasteiger partial charge in [0.15, 0.2) is 0 Å². The standard InChI is InChI=1S/C27H17Cl4NO4/c28-19-10-9-14(11-20(19)29)13-36-21(33)12-32-24(34)22-23(25(32)35)27(31)16-6-2-1-5-15(16)26(22,30)17-7-3-4-8-18(17)27/h1-11,22-23H,12-13H2/t22-,23-,26?,27?/m1/s1. The molecular weight excluding hydrogens is 544 g/mol. The summed E-state index contributed by atoms with van der Waals surface area (Å²) in [6.07, 6.45) is 0. The Morgan fingerprint density at radius 3 is 1.69 bits per heavy atom. The topological polar surface area (TPSA) is 63.7 Å². The van der Waals surface area contributed by atoms with Crippen LogP contribution in [0.2, 0.25) is 10.0 Å². The molecule has 1 aliphatic heterocycles. The van der Waals surface area contributed by atoms with E-state index in [2.05, 4.69) is 0 Å². The number of ether oxygens (including phenoxy) is 1. The Morgan fingerprint density at radius 1 is 0.778 bits per heavy atom. The Hall–Kier alpha value is -2.57. The Morgan fingerprint density at radius 2 is 1.25 bits per heavy atom. The molecule has 0 N–H and O–H groups in total. The van der Waals surface area contributed by atoms with Gasteiger partial charge in [-0.15, -0.1) is 23.2 Å². The molecule has 1 fully saturated rings. The molecule has 3 aromatic rings. The van der Waals surface area contributed by atoms with Crippen molar-refractivity contribution in [3.8, 4) is 0 Å². The van der Waals surface area contributed by atoms with E-state index in [-0.39, 0.29) is 6.61 Å². The summed E-state index contributed by atoms with van der Waals surface area (Å²) in [6.45, 7) is -0.632. The third-order valence-corrected chi connectivity index (χ3v) is 9.37. The highest BCUT2D eigenvalue weighted by atomic mass is 35.5. The molecule has 0 unspecified atom stereocenters. The number of carbonyl (C=O) groups is 3. The van der Waals surface area contributed by atoms with Crippen molar-refractivity contribution in [2.45, 2.75) is 16.4 Å². The predicted octanol–water partition coefficient (Wildman–Crippen LogP) is 5.63. The lowest BCUT2D eigenvalue weighted by Gasteiger charge is -2.54. The number of carbonyl (C=O) groups excluding carboxylic acids is 3. The van der Waals surface area contributed by atoms with E-state index in [4.69, 9.17) is 51.1 Å². The van der Waals surface area contributed by atoms with Crippen LogP contribution in [0.3, 0.4) is 0 Å². The number of hydrogen-bond donors (Lipinski definition) is 0. The number of amides is 2. The first-order chi connectivity index (χ1) is 17.2. The molecule has 9 heteroatoms. The number of nitrogens with zero attached hydrogens (tertiary/aromatic N) is 1. The highest BCUT2D eigenvalue weighted by Gasteiger charge is 2.73. The van der Waals surface area contributed by atoms with Gasteiger partial charge in [-0.05, 0) is 39.9 Å². The molecular formula is C27H17Cl4NO4. The monoisotopic (exact) mass is 559 g/mol. The fraction of sp³-hybridized carbons (Fsp3) is 0.222. The SMILES string of the molecule is O=C(CN1C(=O)[C@H]2[C@H](C1=O)C1(Cl)c3ccccc3C2(Cl)c2ccccc21)OCc1ccc(Cl)c(Cl)c1. The van der Waals surface area contributed by atoms with Crippen LogP contribution in [0.1, 0.15) is 27.8 Å². The summed E-state index contributed by atoms with van der Waals surface area (Å²) >= 11 is 26.6. The number of alkyl halides is 2. The smallest absolute Gasteiger partial charge is 0.326 e. The van der Waals surface area contributed by atoms with E-state index in [9.17, 15) is 14.4 Å². The van der Waals surface area contributed by atoms with Gasteiger partial charge in [0.1, 0.15) is 22.9 Å². The van der Waals surface area contributed by atoms with E-state index < -0.39 is 45.9 Å². The first kappa shape index (κ1) is 23.8. The van der Waals surface area contributed by atoms with Crippen LogP contribution in [0.5, 0.6) is 0 Å². The van der Waals surface area contributed by atoms with Crippen molar-refractivity contribution < 1.29 is 19.1 Å². The van der Waals surface area contributed by atoms with E-state index in [1.807, 2.05) is 48.5 Å². The average molecular weight is 561 g/mol. The Bertz CT molecular complexity index is 1350. The summed E-state index contributed by atoms with van der Waals surface area (Å²) < 4.78 is 5.33. The second kappa shape index (κ2) is 8.22. The highest BCUT2D eigenvalue weighted by molar-refractivity contribution is 6.42. The molecule has 4 aliphatic rings. The number of rotatable bonds is 4. The fourth-order valence-corrected chi connectivity index (χ4v) is 7.27. The summed E-state index contributed by atoms with van der Waals surface area (Å²) in [5, 5.41) is 0.706. The normalized spacial score (nSPS) is 27.5. The summed E-state index contributed by atoms with van der Waals surface area (Å²) in [5.74, 6) is -3.74. The lowest BCUT2D eigenvalue weighted by molar-refractivity contribution is -0.153. The number of hydrogen-bond acceptors (Lipinski definition) is 4. The first-order valence-electron chi connectivity index (χ1n) is 11.2. The van der Waals surface area contributed by atoms with Crippen LogP contribution in [-0.4, -0.2) is 29.2 Å². The molecule has 7 rings (SSSR count). The van der Waals surface area contributed by atoms with Gasteiger partial charge >= 0.3 is 5.97 Å². The molecule has 1 heterocycles. The number of imide groups is 1. The molecule has 2 bridgehead atoms. The summed E-state index contributed by atoms with van der Waals surface area (Å²) in [6, 6.07) is 19.6. The maximum absolute atomic E-state index is 13.7. The molecule has 5 nitrogen and oxygen atoms in total. The quantitative estimate of drug-likeness (QED) is 0.236. The van der Waals surface area contributed by atoms with Gasteiger partial charge in [0.05, 0.1) is 21.9 Å². The molecule has 182 valence electrons. The second-order valence-corrected chi connectivity index (χ2v) is 11.1. The van der Waals surface area contributed by atoms with Crippen LogP contribution in [-0.2, 0) is 35.5 Å². The van der Waals surface area contributed by atoms with Crippen LogP contribution in [0.25, 0.3) is 0 Å². The molecule has 0 radical (unpaired) electrons. The Kier molecular flexibility index (Phi) is 5.44. The van der Waals surface area contributed by atoms with Crippen molar-refractivity contribution in [2.24, 2.45) is 11.8 Å². The van der Waals surface area contributed by atoms with E-state index in [1.54, 1.807) is 18.2 Å². The summed E-state index contributed by atoms with van der Waals surface area (Å²) in [7, 11) is 0. The third kappa shape index (κ3) is 3.07. The summed E-state index contributed by atoms with van der Waals surface area (Å²) in [5.41, 5.74) is 3.42. The first-order valence-corrected chi connectivity index (χ1v) is 12.7. The number of halogens is 4.